The molecule has 4 heteroatoms. The minimum atomic E-state index is 0.728. The second-order valence-electron chi connectivity index (χ2n) is 3.07. The van der Waals surface area contributed by atoms with Crippen molar-refractivity contribution >= 4 is 5.84 Å². The van der Waals surface area contributed by atoms with Gasteiger partial charge in [0.1, 0.15) is 5.84 Å². The van der Waals surface area contributed by atoms with Crippen LogP contribution in [-0.4, -0.2) is 53.6 Å². The Kier molecular flexibility index (Phi) is 3.34. The molecule has 70 valence electrons. The lowest BCUT2D eigenvalue weighted by atomic mass is 10.3. The van der Waals surface area contributed by atoms with Gasteiger partial charge in [-0.15, -0.1) is 0 Å². The molecule has 0 aromatic carbocycles. The van der Waals surface area contributed by atoms with Gasteiger partial charge in [-0.2, -0.15) is 0 Å². The summed E-state index contributed by atoms with van der Waals surface area (Å²) in [6.07, 6.45) is 0. The number of piperazine rings is 1. The van der Waals surface area contributed by atoms with Crippen LogP contribution in [0.2, 0.25) is 0 Å². The maximum Gasteiger partial charge on any atom is 0.141 e. The molecule has 1 saturated heterocycles. The van der Waals surface area contributed by atoms with Crippen LogP contribution in [0, 0.1) is 0 Å². The third kappa shape index (κ3) is 2.11. The SMILES string of the molecule is CCN1CCN(C(C)=NO)CC1. The fourth-order valence-corrected chi connectivity index (χ4v) is 1.45. The molecule has 0 unspecified atom stereocenters. The summed E-state index contributed by atoms with van der Waals surface area (Å²) >= 11 is 0. The third-order valence-corrected chi connectivity index (χ3v) is 2.42. The summed E-state index contributed by atoms with van der Waals surface area (Å²) < 4.78 is 0. The van der Waals surface area contributed by atoms with E-state index in [4.69, 9.17) is 5.21 Å². The van der Waals surface area contributed by atoms with Crippen LogP contribution in [0.25, 0.3) is 0 Å². The van der Waals surface area contributed by atoms with Crippen molar-refractivity contribution in [2.45, 2.75) is 13.8 Å². The van der Waals surface area contributed by atoms with Gasteiger partial charge < -0.3 is 15.0 Å². The zero-order chi connectivity index (χ0) is 8.97. The highest BCUT2D eigenvalue weighted by Gasteiger charge is 2.15. The summed E-state index contributed by atoms with van der Waals surface area (Å²) in [6.45, 7) is 9.22. The van der Waals surface area contributed by atoms with E-state index in [1.807, 2.05) is 6.92 Å². The highest BCUT2D eigenvalue weighted by molar-refractivity contribution is 5.79. The quantitative estimate of drug-likeness (QED) is 0.269. The van der Waals surface area contributed by atoms with Gasteiger partial charge in [-0.25, -0.2) is 0 Å². The number of likely N-dealkylation sites (N-methyl/N-ethyl adjacent to an activating group) is 1. The molecule has 0 radical (unpaired) electrons. The standard InChI is InChI=1S/C8H17N3O/c1-3-10-4-6-11(7-5-10)8(2)9-12/h12H,3-7H2,1-2H3. The van der Waals surface area contributed by atoms with Crippen molar-refractivity contribution < 1.29 is 5.21 Å². The van der Waals surface area contributed by atoms with Gasteiger partial charge in [-0.05, 0) is 13.5 Å². The minimum absolute atomic E-state index is 0.728. The van der Waals surface area contributed by atoms with E-state index in [-0.39, 0.29) is 0 Å². The van der Waals surface area contributed by atoms with Crippen LogP contribution in [0.15, 0.2) is 5.16 Å². The van der Waals surface area contributed by atoms with Crippen molar-refractivity contribution in [1.29, 1.82) is 0 Å². The van der Waals surface area contributed by atoms with Gasteiger partial charge in [-0.1, -0.05) is 12.1 Å². The molecule has 0 bridgehead atoms. The average Bonchev–Trinajstić information content (AvgIpc) is 2.17. The van der Waals surface area contributed by atoms with E-state index >= 15 is 0 Å². The smallest absolute Gasteiger partial charge is 0.141 e. The van der Waals surface area contributed by atoms with Crippen molar-refractivity contribution in [2.24, 2.45) is 5.16 Å². The van der Waals surface area contributed by atoms with Gasteiger partial charge in [0.2, 0.25) is 0 Å². The molecular weight excluding hydrogens is 154 g/mol. The normalized spacial score (nSPS) is 21.5. The molecule has 1 aliphatic heterocycles. The average molecular weight is 171 g/mol. The van der Waals surface area contributed by atoms with Gasteiger partial charge in [0, 0.05) is 26.2 Å². The monoisotopic (exact) mass is 171 g/mol. The van der Waals surface area contributed by atoms with E-state index < -0.39 is 0 Å². The molecule has 0 atom stereocenters. The first kappa shape index (κ1) is 9.32. The van der Waals surface area contributed by atoms with Crippen molar-refractivity contribution in [3.8, 4) is 0 Å². The molecule has 1 fully saturated rings. The summed E-state index contributed by atoms with van der Waals surface area (Å²) in [7, 11) is 0. The topological polar surface area (TPSA) is 39.1 Å². The first-order valence-corrected chi connectivity index (χ1v) is 4.44. The van der Waals surface area contributed by atoms with E-state index in [0.717, 1.165) is 38.6 Å². The molecule has 0 amide bonds. The van der Waals surface area contributed by atoms with Crippen molar-refractivity contribution in [3.05, 3.63) is 0 Å². The fraction of sp³-hybridized carbons (Fsp3) is 0.875. The summed E-state index contributed by atoms with van der Waals surface area (Å²) in [6, 6.07) is 0. The van der Waals surface area contributed by atoms with Gasteiger partial charge in [0.05, 0.1) is 0 Å². The summed E-state index contributed by atoms with van der Waals surface area (Å²) in [4.78, 5) is 4.49. The molecular formula is C8H17N3O. The summed E-state index contributed by atoms with van der Waals surface area (Å²) in [5.74, 6) is 0.728. The Bertz CT molecular complexity index is 162. The Balaban J connectivity index is 2.36. The Morgan fingerprint density at radius 3 is 2.33 bits per heavy atom. The van der Waals surface area contributed by atoms with Gasteiger partial charge in [0.15, 0.2) is 0 Å². The van der Waals surface area contributed by atoms with E-state index in [9.17, 15) is 0 Å². The van der Waals surface area contributed by atoms with Crippen LogP contribution < -0.4 is 0 Å². The predicted octanol–water partition coefficient (Wildman–Crippen LogP) is 0.431. The molecule has 0 saturated carbocycles. The van der Waals surface area contributed by atoms with Gasteiger partial charge in [-0.3, -0.25) is 0 Å². The van der Waals surface area contributed by atoms with E-state index in [0.29, 0.717) is 0 Å². The van der Waals surface area contributed by atoms with Gasteiger partial charge in [0.25, 0.3) is 0 Å². The molecule has 0 spiro atoms. The van der Waals surface area contributed by atoms with Crippen LogP contribution in [0.3, 0.4) is 0 Å². The van der Waals surface area contributed by atoms with Crippen molar-refractivity contribution in [3.63, 3.8) is 0 Å². The minimum Gasteiger partial charge on any atom is -0.409 e. The highest BCUT2D eigenvalue weighted by atomic mass is 16.4. The van der Waals surface area contributed by atoms with Crippen LogP contribution in [-0.2, 0) is 0 Å². The maximum atomic E-state index is 8.54. The summed E-state index contributed by atoms with van der Waals surface area (Å²) in [5, 5.41) is 11.7. The number of hydrogen-bond acceptors (Lipinski definition) is 3. The molecule has 1 N–H and O–H groups in total. The lowest BCUT2D eigenvalue weighted by Gasteiger charge is -2.34. The molecule has 0 aromatic rings. The second kappa shape index (κ2) is 4.30. The third-order valence-electron chi connectivity index (χ3n) is 2.42. The maximum absolute atomic E-state index is 8.54. The first-order valence-electron chi connectivity index (χ1n) is 4.44. The number of rotatable bonds is 1. The molecule has 4 nitrogen and oxygen atoms in total. The fourth-order valence-electron chi connectivity index (χ4n) is 1.45. The van der Waals surface area contributed by atoms with Crippen molar-refractivity contribution in [1.82, 2.24) is 9.80 Å². The number of hydrogen-bond donors (Lipinski definition) is 1. The van der Waals surface area contributed by atoms with Crippen LogP contribution in [0.4, 0.5) is 0 Å². The zero-order valence-electron chi connectivity index (χ0n) is 7.82. The van der Waals surface area contributed by atoms with E-state index in [1.54, 1.807) is 0 Å². The Labute approximate surface area is 73.5 Å². The molecule has 1 rings (SSSR count). The van der Waals surface area contributed by atoms with Crippen LogP contribution in [0.1, 0.15) is 13.8 Å². The molecule has 0 aliphatic carbocycles. The van der Waals surface area contributed by atoms with Crippen LogP contribution >= 0.6 is 0 Å². The summed E-state index contributed by atoms with van der Waals surface area (Å²) in [5.41, 5.74) is 0. The highest BCUT2D eigenvalue weighted by Crippen LogP contribution is 2.01. The second-order valence-corrected chi connectivity index (χ2v) is 3.07. The van der Waals surface area contributed by atoms with Crippen molar-refractivity contribution in [2.75, 3.05) is 32.7 Å². The molecule has 1 aliphatic rings. The van der Waals surface area contributed by atoms with Gasteiger partial charge >= 0.3 is 0 Å². The number of oxime groups is 1. The Morgan fingerprint density at radius 2 is 1.92 bits per heavy atom. The van der Waals surface area contributed by atoms with E-state index in [1.165, 1.54) is 0 Å². The van der Waals surface area contributed by atoms with Crippen LogP contribution in [0.5, 0.6) is 0 Å². The zero-order valence-corrected chi connectivity index (χ0v) is 7.82. The Morgan fingerprint density at radius 1 is 1.33 bits per heavy atom. The number of amidine groups is 1. The lowest BCUT2D eigenvalue weighted by molar-refractivity contribution is 0.184. The van der Waals surface area contributed by atoms with E-state index in [2.05, 4.69) is 21.9 Å². The Hall–Kier alpha value is -0.770. The molecule has 1 heterocycles. The lowest BCUT2D eigenvalue weighted by Crippen LogP contribution is -2.47. The largest absolute Gasteiger partial charge is 0.409 e. The molecule has 12 heavy (non-hydrogen) atoms. The first-order chi connectivity index (χ1) is 5.77. The molecule has 0 aromatic heterocycles. The predicted molar refractivity (Wildman–Crippen MR) is 48.6 cm³/mol. The number of nitrogens with zero attached hydrogens (tertiary/aromatic N) is 3.